The molecular formula is C19H15BrN2O5. The Morgan fingerprint density at radius 3 is 2.67 bits per heavy atom. The van der Waals surface area contributed by atoms with E-state index in [-0.39, 0.29) is 17.1 Å². The standard InChI is InChI=1S/C19H15BrN2O5/c1-2-27-16-9-11(6-7-15(16)23)8-14-17(24)21-19(26)22(18(14)25)13-5-3-4-12(20)10-13/h3-10,23H,2H2,1H3,(H,21,24,26). The van der Waals surface area contributed by atoms with Gasteiger partial charge in [-0.3, -0.25) is 14.9 Å². The molecule has 1 aliphatic rings. The number of carbonyl (C=O) groups is 3. The van der Waals surface area contributed by atoms with Gasteiger partial charge in [-0.25, -0.2) is 9.69 Å². The Kier molecular flexibility index (Phi) is 5.27. The van der Waals surface area contributed by atoms with Gasteiger partial charge < -0.3 is 9.84 Å². The maximum atomic E-state index is 12.8. The number of barbiturate groups is 1. The number of imide groups is 2. The minimum absolute atomic E-state index is 0.0515. The summed E-state index contributed by atoms with van der Waals surface area (Å²) < 4.78 is 5.99. The second-order valence-electron chi connectivity index (χ2n) is 5.60. The first-order chi connectivity index (χ1) is 12.9. The number of anilines is 1. The molecular weight excluding hydrogens is 416 g/mol. The van der Waals surface area contributed by atoms with Crippen LogP contribution >= 0.6 is 15.9 Å². The summed E-state index contributed by atoms with van der Waals surface area (Å²) in [5.41, 5.74) is 0.590. The van der Waals surface area contributed by atoms with Gasteiger partial charge >= 0.3 is 6.03 Å². The number of aromatic hydroxyl groups is 1. The van der Waals surface area contributed by atoms with E-state index in [1.54, 1.807) is 31.2 Å². The monoisotopic (exact) mass is 430 g/mol. The van der Waals surface area contributed by atoms with Crippen molar-refractivity contribution in [3.8, 4) is 11.5 Å². The van der Waals surface area contributed by atoms with E-state index in [0.717, 1.165) is 4.90 Å². The summed E-state index contributed by atoms with van der Waals surface area (Å²) in [6, 6.07) is 10.2. The van der Waals surface area contributed by atoms with Crippen molar-refractivity contribution in [3.63, 3.8) is 0 Å². The highest BCUT2D eigenvalue weighted by molar-refractivity contribution is 9.10. The number of nitrogens with one attached hydrogen (secondary N) is 1. The van der Waals surface area contributed by atoms with Crippen molar-refractivity contribution >= 4 is 45.5 Å². The summed E-state index contributed by atoms with van der Waals surface area (Å²) in [5.74, 6) is -1.35. The molecule has 7 nitrogen and oxygen atoms in total. The van der Waals surface area contributed by atoms with Crippen LogP contribution in [0.3, 0.4) is 0 Å². The third kappa shape index (κ3) is 3.85. The molecule has 3 rings (SSSR count). The van der Waals surface area contributed by atoms with Crippen LogP contribution in [0.25, 0.3) is 6.08 Å². The smallest absolute Gasteiger partial charge is 0.335 e. The lowest BCUT2D eigenvalue weighted by atomic mass is 10.1. The van der Waals surface area contributed by atoms with Crippen molar-refractivity contribution in [3.05, 3.63) is 58.1 Å². The highest BCUT2D eigenvalue weighted by atomic mass is 79.9. The van der Waals surface area contributed by atoms with Crippen molar-refractivity contribution in [1.29, 1.82) is 0 Å². The molecule has 1 saturated heterocycles. The molecule has 138 valence electrons. The van der Waals surface area contributed by atoms with Crippen molar-refractivity contribution in [2.75, 3.05) is 11.5 Å². The number of phenolic OH excluding ortho intramolecular Hbond substituents is 1. The predicted octanol–water partition coefficient (Wildman–Crippen LogP) is 3.22. The van der Waals surface area contributed by atoms with Gasteiger partial charge in [0.25, 0.3) is 11.8 Å². The Balaban J connectivity index is 2.00. The van der Waals surface area contributed by atoms with Crippen molar-refractivity contribution in [2.24, 2.45) is 0 Å². The number of amides is 4. The van der Waals surface area contributed by atoms with E-state index < -0.39 is 17.8 Å². The van der Waals surface area contributed by atoms with Crippen LogP contribution in [0, 0.1) is 0 Å². The van der Waals surface area contributed by atoms with Gasteiger partial charge in [-0.15, -0.1) is 0 Å². The second-order valence-corrected chi connectivity index (χ2v) is 6.51. The van der Waals surface area contributed by atoms with Gasteiger partial charge in [0.15, 0.2) is 11.5 Å². The minimum Gasteiger partial charge on any atom is -0.504 e. The Bertz CT molecular complexity index is 970. The van der Waals surface area contributed by atoms with Gasteiger partial charge in [0.2, 0.25) is 0 Å². The molecule has 0 saturated carbocycles. The molecule has 2 N–H and O–H groups in total. The largest absolute Gasteiger partial charge is 0.504 e. The first-order valence-electron chi connectivity index (χ1n) is 8.03. The molecule has 4 amide bonds. The highest BCUT2D eigenvalue weighted by Crippen LogP contribution is 2.29. The number of urea groups is 1. The lowest BCUT2D eigenvalue weighted by Gasteiger charge is -2.26. The maximum absolute atomic E-state index is 12.8. The first kappa shape index (κ1) is 18.7. The van der Waals surface area contributed by atoms with Crippen LogP contribution in [0.2, 0.25) is 0 Å². The number of nitrogens with zero attached hydrogens (tertiary/aromatic N) is 1. The number of benzene rings is 2. The van der Waals surface area contributed by atoms with Crippen molar-refractivity contribution in [2.45, 2.75) is 6.92 Å². The van der Waals surface area contributed by atoms with Gasteiger partial charge in [0, 0.05) is 4.47 Å². The van der Waals surface area contributed by atoms with Gasteiger partial charge in [-0.2, -0.15) is 0 Å². The summed E-state index contributed by atoms with van der Waals surface area (Å²) in [6.45, 7) is 2.11. The van der Waals surface area contributed by atoms with Crippen LogP contribution in [0.5, 0.6) is 11.5 Å². The quantitative estimate of drug-likeness (QED) is 0.573. The predicted molar refractivity (Wildman–Crippen MR) is 102 cm³/mol. The molecule has 1 fully saturated rings. The summed E-state index contributed by atoms with van der Waals surface area (Å²) in [5, 5.41) is 11.9. The van der Waals surface area contributed by atoms with Crippen LogP contribution in [-0.2, 0) is 9.59 Å². The Morgan fingerprint density at radius 1 is 1.19 bits per heavy atom. The van der Waals surface area contributed by atoms with E-state index in [2.05, 4.69) is 21.2 Å². The number of halogens is 1. The number of phenols is 1. The average Bonchev–Trinajstić information content (AvgIpc) is 2.61. The zero-order chi connectivity index (χ0) is 19.6. The van der Waals surface area contributed by atoms with E-state index in [1.165, 1.54) is 24.3 Å². The molecule has 8 heteroatoms. The van der Waals surface area contributed by atoms with Crippen molar-refractivity contribution in [1.82, 2.24) is 5.32 Å². The average molecular weight is 431 g/mol. The summed E-state index contributed by atoms with van der Waals surface area (Å²) in [7, 11) is 0. The zero-order valence-corrected chi connectivity index (χ0v) is 15.8. The summed E-state index contributed by atoms with van der Waals surface area (Å²) >= 11 is 3.29. The summed E-state index contributed by atoms with van der Waals surface area (Å²) in [4.78, 5) is 38.1. The fraction of sp³-hybridized carbons (Fsp3) is 0.105. The molecule has 2 aromatic rings. The normalized spacial score (nSPS) is 15.9. The molecule has 0 aromatic heterocycles. The molecule has 2 aromatic carbocycles. The number of rotatable bonds is 4. The molecule has 0 unspecified atom stereocenters. The maximum Gasteiger partial charge on any atom is 0.335 e. The van der Waals surface area contributed by atoms with Crippen LogP contribution < -0.4 is 15.0 Å². The molecule has 0 radical (unpaired) electrons. The van der Waals surface area contributed by atoms with Gasteiger partial charge in [-0.1, -0.05) is 28.1 Å². The van der Waals surface area contributed by atoms with Crippen LogP contribution in [-0.4, -0.2) is 29.6 Å². The number of ether oxygens (including phenoxy) is 1. The van der Waals surface area contributed by atoms with E-state index in [9.17, 15) is 19.5 Å². The van der Waals surface area contributed by atoms with E-state index >= 15 is 0 Å². The van der Waals surface area contributed by atoms with Gasteiger partial charge in [-0.05, 0) is 48.9 Å². The molecule has 1 heterocycles. The van der Waals surface area contributed by atoms with Crippen molar-refractivity contribution < 1.29 is 24.2 Å². The highest BCUT2D eigenvalue weighted by Gasteiger charge is 2.36. The third-order valence-corrected chi connectivity index (χ3v) is 4.26. The van der Waals surface area contributed by atoms with Gasteiger partial charge in [0.05, 0.1) is 12.3 Å². The third-order valence-electron chi connectivity index (χ3n) is 3.76. The van der Waals surface area contributed by atoms with E-state index in [1.807, 2.05) is 0 Å². The SMILES string of the molecule is CCOc1cc(C=C2C(=O)NC(=O)N(c3cccc(Br)c3)C2=O)ccc1O. The Labute approximate surface area is 163 Å². The van der Waals surface area contributed by atoms with Crippen LogP contribution in [0.1, 0.15) is 12.5 Å². The fourth-order valence-corrected chi connectivity index (χ4v) is 2.95. The lowest BCUT2D eigenvalue weighted by molar-refractivity contribution is -0.122. The van der Waals surface area contributed by atoms with E-state index in [0.29, 0.717) is 22.3 Å². The molecule has 1 aliphatic heterocycles. The lowest BCUT2D eigenvalue weighted by Crippen LogP contribution is -2.54. The Hall–Kier alpha value is -3.13. The molecule has 0 spiro atoms. The zero-order valence-electron chi connectivity index (χ0n) is 14.2. The van der Waals surface area contributed by atoms with Crippen LogP contribution in [0.15, 0.2) is 52.5 Å². The minimum atomic E-state index is -0.819. The van der Waals surface area contributed by atoms with Crippen LogP contribution in [0.4, 0.5) is 10.5 Å². The molecule has 0 atom stereocenters. The molecule has 0 aliphatic carbocycles. The topological polar surface area (TPSA) is 95.9 Å². The number of carbonyl (C=O) groups excluding carboxylic acids is 3. The molecule has 0 bridgehead atoms. The first-order valence-corrected chi connectivity index (χ1v) is 8.83. The number of hydrogen-bond acceptors (Lipinski definition) is 5. The summed E-state index contributed by atoms with van der Waals surface area (Å²) in [6.07, 6.45) is 1.34. The molecule has 27 heavy (non-hydrogen) atoms. The second kappa shape index (κ2) is 7.63. The van der Waals surface area contributed by atoms with Gasteiger partial charge in [0.1, 0.15) is 5.57 Å². The van der Waals surface area contributed by atoms with E-state index in [4.69, 9.17) is 4.74 Å². The Morgan fingerprint density at radius 2 is 1.96 bits per heavy atom. The number of hydrogen-bond donors (Lipinski definition) is 2. The fourth-order valence-electron chi connectivity index (χ4n) is 2.57.